The molecular formula is C21H20N6O3S. The molecule has 0 spiro atoms. The van der Waals surface area contributed by atoms with E-state index in [4.69, 9.17) is 0 Å². The van der Waals surface area contributed by atoms with Gasteiger partial charge in [-0.05, 0) is 55.5 Å². The second kappa shape index (κ2) is 8.15. The van der Waals surface area contributed by atoms with Crippen LogP contribution < -0.4 is 10.0 Å². The van der Waals surface area contributed by atoms with Crippen LogP contribution in [0.5, 0.6) is 0 Å². The molecule has 0 aliphatic carbocycles. The Kier molecular flexibility index (Phi) is 5.38. The second-order valence-electron chi connectivity index (χ2n) is 6.84. The van der Waals surface area contributed by atoms with E-state index in [1.165, 1.54) is 12.1 Å². The average Bonchev–Trinajstić information content (AvgIpc) is 3.14. The predicted octanol–water partition coefficient (Wildman–Crippen LogP) is 3.25. The molecule has 0 atom stereocenters. The first kappa shape index (κ1) is 20.5. The maximum absolute atomic E-state index is 12.7. The molecule has 0 bridgehead atoms. The molecule has 31 heavy (non-hydrogen) atoms. The van der Waals surface area contributed by atoms with Gasteiger partial charge in [-0.15, -0.1) is 10.2 Å². The average molecular weight is 436 g/mol. The Morgan fingerprint density at radius 1 is 0.935 bits per heavy atom. The predicted molar refractivity (Wildman–Crippen MR) is 117 cm³/mol. The minimum atomic E-state index is -3.77. The summed E-state index contributed by atoms with van der Waals surface area (Å²) < 4.78 is 29.6. The lowest BCUT2D eigenvalue weighted by atomic mass is 10.1. The van der Waals surface area contributed by atoms with Crippen LogP contribution in [0.1, 0.15) is 19.2 Å². The Hall–Kier alpha value is -3.79. The van der Waals surface area contributed by atoms with Crippen molar-refractivity contribution in [3.8, 4) is 11.3 Å². The van der Waals surface area contributed by atoms with Crippen LogP contribution in [0.2, 0.25) is 0 Å². The molecule has 9 nitrogen and oxygen atoms in total. The van der Waals surface area contributed by atoms with Crippen LogP contribution in [0.25, 0.3) is 16.9 Å². The quantitative estimate of drug-likeness (QED) is 0.479. The zero-order valence-corrected chi connectivity index (χ0v) is 17.7. The van der Waals surface area contributed by atoms with Gasteiger partial charge in [0.1, 0.15) is 0 Å². The van der Waals surface area contributed by atoms with E-state index < -0.39 is 10.0 Å². The van der Waals surface area contributed by atoms with Gasteiger partial charge in [0.2, 0.25) is 5.91 Å². The first-order chi connectivity index (χ1) is 14.9. The summed E-state index contributed by atoms with van der Waals surface area (Å²) in [7, 11) is -3.77. The van der Waals surface area contributed by atoms with Gasteiger partial charge in [-0.3, -0.25) is 9.52 Å². The Morgan fingerprint density at radius 2 is 1.61 bits per heavy atom. The van der Waals surface area contributed by atoms with Crippen molar-refractivity contribution in [2.75, 3.05) is 10.0 Å². The van der Waals surface area contributed by atoms with Crippen molar-refractivity contribution in [3.63, 3.8) is 0 Å². The van der Waals surface area contributed by atoms with Crippen molar-refractivity contribution in [1.29, 1.82) is 0 Å². The van der Waals surface area contributed by atoms with Gasteiger partial charge >= 0.3 is 0 Å². The third-order valence-corrected chi connectivity index (χ3v) is 6.02. The van der Waals surface area contributed by atoms with Crippen molar-refractivity contribution in [1.82, 2.24) is 19.8 Å². The van der Waals surface area contributed by atoms with Gasteiger partial charge in [0.25, 0.3) is 10.0 Å². The molecule has 0 aliphatic rings. The van der Waals surface area contributed by atoms with Crippen molar-refractivity contribution >= 4 is 33.0 Å². The van der Waals surface area contributed by atoms with Gasteiger partial charge in [0, 0.05) is 23.4 Å². The molecule has 2 heterocycles. The topological polar surface area (TPSA) is 118 Å². The van der Waals surface area contributed by atoms with Gasteiger partial charge in [0.05, 0.1) is 10.6 Å². The highest BCUT2D eigenvalue weighted by Gasteiger charge is 2.15. The number of aromatic nitrogens is 4. The second-order valence-corrected chi connectivity index (χ2v) is 8.53. The molecular weight excluding hydrogens is 416 g/mol. The number of anilines is 2. The van der Waals surface area contributed by atoms with Gasteiger partial charge < -0.3 is 5.32 Å². The number of sulfonamides is 1. The van der Waals surface area contributed by atoms with Crippen molar-refractivity contribution in [2.45, 2.75) is 25.2 Å². The van der Waals surface area contributed by atoms with Gasteiger partial charge in [-0.25, -0.2) is 8.42 Å². The number of amides is 1. The summed E-state index contributed by atoms with van der Waals surface area (Å²) in [5.41, 5.74) is 3.17. The molecule has 158 valence electrons. The maximum atomic E-state index is 12.7. The SMILES string of the molecule is CCC(=O)Nc1ccc(S(=O)(=O)Nc2ccc(-c3ccc4nnc(C)n4n3)cc2)cc1. The van der Waals surface area contributed by atoms with Crippen LogP contribution in [0, 0.1) is 6.92 Å². The Balaban J connectivity index is 1.51. The van der Waals surface area contributed by atoms with Gasteiger partial charge in [-0.1, -0.05) is 19.1 Å². The summed E-state index contributed by atoms with van der Waals surface area (Å²) >= 11 is 0. The lowest BCUT2D eigenvalue weighted by Crippen LogP contribution is -2.13. The number of nitrogens with one attached hydrogen (secondary N) is 2. The fraction of sp³-hybridized carbons (Fsp3) is 0.143. The van der Waals surface area contributed by atoms with E-state index >= 15 is 0 Å². The number of rotatable bonds is 6. The number of fused-ring (bicyclic) bond motifs is 1. The van der Waals surface area contributed by atoms with Crippen molar-refractivity contribution in [2.24, 2.45) is 0 Å². The lowest BCUT2D eigenvalue weighted by molar-refractivity contribution is -0.115. The molecule has 0 unspecified atom stereocenters. The molecule has 0 fully saturated rings. The minimum Gasteiger partial charge on any atom is -0.326 e. The summed E-state index contributed by atoms with van der Waals surface area (Å²) in [5, 5.41) is 15.2. The molecule has 0 aliphatic heterocycles. The van der Waals surface area contributed by atoms with E-state index in [-0.39, 0.29) is 10.8 Å². The largest absolute Gasteiger partial charge is 0.326 e. The summed E-state index contributed by atoms with van der Waals surface area (Å²) in [5.74, 6) is 0.545. The van der Waals surface area contributed by atoms with Crippen LogP contribution in [-0.4, -0.2) is 34.1 Å². The van der Waals surface area contributed by atoms with E-state index in [0.717, 1.165) is 11.3 Å². The highest BCUT2D eigenvalue weighted by Crippen LogP contribution is 2.23. The summed E-state index contributed by atoms with van der Waals surface area (Å²) in [4.78, 5) is 11.5. The fourth-order valence-corrected chi connectivity index (χ4v) is 4.00. The van der Waals surface area contributed by atoms with Gasteiger partial charge in [0.15, 0.2) is 11.5 Å². The van der Waals surface area contributed by atoms with Gasteiger partial charge in [-0.2, -0.15) is 9.61 Å². The molecule has 4 rings (SSSR count). The Bertz CT molecular complexity index is 1350. The normalized spacial score (nSPS) is 11.4. The van der Waals surface area contributed by atoms with Crippen LogP contribution in [0.4, 0.5) is 11.4 Å². The number of aryl methyl sites for hydroxylation is 1. The molecule has 0 saturated heterocycles. The van der Waals surface area contributed by atoms with Crippen LogP contribution in [0.15, 0.2) is 65.6 Å². The van der Waals surface area contributed by atoms with E-state index in [2.05, 4.69) is 25.3 Å². The molecule has 1 amide bonds. The maximum Gasteiger partial charge on any atom is 0.261 e. The first-order valence-electron chi connectivity index (χ1n) is 9.58. The molecule has 0 radical (unpaired) electrons. The molecule has 10 heteroatoms. The fourth-order valence-electron chi connectivity index (χ4n) is 2.94. The monoisotopic (exact) mass is 436 g/mol. The first-order valence-corrected chi connectivity index (χ1v) is 11.1. The van der Waals surface area contributed by atoms with E-state index in [1.807, 2.05) is 19.1 Å². The van der Waals surface area contributed by atoms with Crippen LogP contribution in [-0.2, 0) is 14.8 Å². The zero-order valence-electron chi connectivity index (χ0n) is 16.9. The van der Waals surface area contributed by atoms with Crippen molar-refractivity contribution in [3.05, 3.63) is 66.5 Å². The third-order valence-electron chi connectivity index (χ3n) is 4.62. The molecule has 2 N–H and O–H groups in total. The summed E-state index contributed by atoms with van der Waals surface area (Å²) in [6.45, 7) is 3.56. The number of benzene rings is 2. The smallest absolute Gasteiger partial charge is 0.261 e. The number of carbonyl (C=O) groups is 1. The lowest BCUT2D eigenvalue weighted by Gasteiger charge is -2.10. The van der Waals surface area contributed by atoms with E-state index in [1.54, 1.807) is 47.8 Å². The number of carbonyl (C=O) groups excluding carboxylic acids is 1. The number of hydrogen-bond donors (Lipinski definition) is 2. The highest BCUT2D eigenvalue weighted by molar-refractivity contribution is 7.92. The molecule has 4 aromatic rings. The zero-order chi connectivity index (χ0) is 22.0. The minimum absolute atomic E-state index is 0.0984. The highest BCUT2D eigenvalue weighted by atomic mass is 32.2. The summed E-state index contributed by atoms with van der Waals surface area (Å²) in [6, 6.07) is 16.6. The van der Waals surface area contributed by atoms with Crippen LogP contribution >= 0.6 is 0 Å². The molecule has 0 saturated carbocycles. The van der Waals surface area contributed by atoms with Crippen molar-refractivity contribution < 1.29 is 13.2 Å². The van der Waals surface area contributed by atoms with E-state index in [9.17, 15) is 13.2 Å². The molecule has 2 aromatic heterocycles. The Labute approximate surface area is 179 Å². The van der Waals surface area contributed by atoms with E-state index in [0.29, 0.717) is 29.3 Å². The Morgan fingerprint density at radius 3 is 2.29 bits per heavy atom. The number of nitrogens with zero attached hydrogens (tertiary/aromatic N) is 4. The van der Waals surface area contributed by atoms with Crippen LogP contribution in [0.3, 0.4) is 0 Å². The molecule has 2 aromatic carbocycles. The summed E-state index contributed by atoms with van der Waals surface area (Å²) in [6.07, 6.45) is 0.347. The number of hydrogen-bond acceptors (Lipinski definition) is 6. The third kappa shape index (κ3) is 4.38. The standard InChI is InChI=1S/C21H20N6O3S/c1-3-21(28)22-16-8-10-18(11-9-16)31(29,30)26-17-6-4-15(5-7-17)19-12-13-20-24-23-14(2)27(20)25-19/h4-13,26H,3H2,1-2H3,(H,22,28).